The molecule has 0 aliphatic carbocycles. The average molecular weight is 249 g/mol. The molecule has 0 aromatic heterocycles. The summed E-state index contributed by atoms with van der Waals surface area (Å²) in [7, 11) is 1.88. The van der Waals surface area contributed by atoms with Crippen molar-refractivity contribution in [2.75, 3.05) is 7.05 Å². The molecule has 0 saturated heterocycles. The molecule has 0 unspecified atom stereocenters. The predicted octanol–water partition coefficient (Wildman–Crippen LogP) is -0.285. The van der Waals surface area contributed by atoms with E-state index in [4.69, 9.17) is 23.3 Å². The SMILES string of the molecule is CN[C](C)=[Cr].[C-]#[O+].[C-]#[O+].[C-]#[O+].[C-]#[O+].[C-]#[O+]. The predicted molar refractivity (Wildman–Crippen MR) is 39.4 cm³/mol. The molecule has 7 heteroatoms. The van der Waals surface area contributed by atoms with Gasteiger partial charge in [-0.15, -0.1) is 0 Å². The zero-order chi connectivity index (χ0) is 14.3. The number of hydrogen-bond donors (Lipinski definition) is 1. The summed E-state index contributed by atoms with van der Waals surface area (Å²) in [5, 5.41) is 2.89. The van der Waals surface area contributed by atoms with E-state index in [-0.39, 0.29) is 0 Å². The third-order valence-electron chi connectivity index (χ3n) is 0.352. The monoisotopic (exact) mass is 249 g/mol. The van der Waals surface area contributed by atoms with Gasteiger partial charge in [0.15, 0.2) is 0 Å². The molecular weight excluding hydrogens is 242 g/mol. The fourth-order valence-electron chi connectivity index (χ4n) is 0. The minimum absolute atomic E-state index is 1.13. The van der Waals surface area contributed by atoms with Crippen molar-refractivity contribution in [1.29, 1.82) is 0 Å². The Labute approximate surface area is 96.6 Å². The first-order chi connectivity index (χ1) is 7.27. The van der Waals surface area contributed by atoms with Gasteiger partial charge < -0.3 is 0 Å². The summed E-state index contributed by atoms with van der Waals surface area (Å²) < 4.78 is 38.6. The fraction of sp³-hybridized carbons (Fsp3) is 0.250. The topological polar surface area (TPSA) is 112 Å². The normalized spacial score (nSPS) is 3.20. The van der Waals surface area contributed by atoms with Crippen LogP contribution in [-0.4, -0.2) is 11.6 Å². The maximum atomic E-state index is 7.50. The molecular formula is C8H7CrNO5. The Morgan fingerprint density at radius 3 is 0.867 bits per heavy atom. The van der Waals surface area contributed by atoms with Crippen LogP contribution < -0.4 is 5.32 Å². The van der Waals surface area contributed by atoms with E-state index >= 15 is 0 Å². The van der Waals surface area contributed by atoms with Crippen molar-refractivity contribution >= 4 is 4.50 Å². The zero-order valence-corrected chi connectivity index (χ0v) is 9.22. The van der Waals surface area contributed by atoms with Crippen molar-refractivity contribution in [3.05, 3.63) is 33.3 Å². The molecule has 0 fully saturated rings. The van der Waals surface area contributed by atoms with Gasteiger partial charge in [0.05, 0.1) is 0 Å². The van der Waals surface area contributed by atoms with Crippen LogP contribution in [0.25, 0.3) is 0 Å². The van der Waals surface area contributed by atoms with Crippen LogP contribution in [0.2, 0.25) is 0 Å². The average Bonchev–Trinajstić information content (AvgIpc) is 2.41. The van der Waals surface area contributed by atoms with Crippen LogP contribution in [0.4, 0.5) is 0 Å². The molecule has 0 saturated carbocycles. The summed E-state index contributed by atoms with van der Waals surface area (Å²) in [6, 6.07) is 0. The summed E-state index contributed by atoms with van der Waals surface area (Å²) in [5.41, 5.74) is 0. The maximum absolute atomic E-state index is 7.50. The molecule has 0 rings (SSSR count). The second kappa shape index (κ2) is 203. The fourth-order valence-corrected chi connectivity index (χ4v) is 0. The quantitative estimate of drug-likeness (QED) is 0.499. The summed E-state index contributed by atoms with van der Waals surface area (Å²) in [6.45, 7) is 24.5. The van der Waals surface area contributed by atoms with E-state index in [1.807, 2.05) is 14.0 Å². The second-order valence-corrected chi connectivity index (χ2v) is 1.76. The second-order valence-electron chi connectivity index (χ2n) is 0.806. The van der Waals surface area contributed by atoms with E-state index < -0.39 is 0 Å². The van der Waals surface area contributed by atoms with Crippen molar-refractivity contribution < 1.29 is 39.1 Å². The van der Waals surface area contributed by atoms with E-state index in [0.29, 0.717) is 0 Å². The number of hydrogen-bond acceptors (Lipinski definition) is 1. The van der Waals surface area contributed by atoms with E-state index in [2.05, 4.69) is 54.4 Å². The Morgan fingerprint density at radius 1 is 0.800 bits per heavy atom. The molecule has 0 heterocycles. The molecule has 15 heavy (non-hydrogen) atoms. The van der Waals surface area contributed by atoms with Gasteiger partial charge in [-0.05, 0) is 0 Å². The Bertz CT molecular complexity index is 157. The first kappa shape index (κ1) is 36.9. The molecule has 1 N–H and O–H groups in total. The molecule has 0 bridgehead atoms. The standard InChI is InChI=1S/C3H7N.5CO.Cr/c1-3-4-2;5*1-2;/h4H,1-2H3;;;;;;. The molecule has 0 spiro atoms. The number of rotatable bonds is 1. The van der Waals surface area contributed by atoms with E-state index in [1.54, 1.807) is 0 Å². The van der Waals surface area contributed by atoms with Gasteiger partial charge in [-0.1, -0.05) is 0 Å². The summed E-state index contributed by atoms with van der Waals surface area (Å²) in [5.74, 6) is 0. The van der Waals surface area contributed by atoms with Crippen LogP contribution in [0.1, 0.15) is 6.92 Å². The summed E-state index contributed by atoms with van der Waals surface area (Å²) >= 11 is 2.80. The van der Waals surface area contributed by atoms with Gasteiger partial charge in [0, 0.05) is 0 Å². The Kier molecular flexibility index (Phi) is 499. The van der Waals surface area contributed by atoms with E-state index in [0.717, 1.165) is 4.50 Å². The van der Waals surface area contributed by atoms with Crippen LogP contribution >= 0.6 is 0 Å². The van der Waals surface area contributed by atoms with Crippen LogP contribution in [0.3, 0.4) is 0 Å². The van der Waals surface area contributed by atoms with Crippen LogP contribution in [0.15, 0.2) is 0 Å². The summed E-state index contributed by atoms with van der Waals surface area (Å²) in [6.07, 6.45) is 0. The third-order valence-corrected chi connectivity index (χ3v) is 0.671. The van der Waals surface area contributed by atoms with Gasteiger partial charge in [0.25, 0.3) is 0 Å². The first-order valence-electron chi connectivity index (χ1n) is 2.47. The van der Waals surface area contributed by atoms with Crippen molar-refractivity contribution in [2.45, 2.75) is 6.92 Å². The molecule has 0 radical (unpaired) electrons. The molecule has 0 aliphatic heterocycles. The molecule has 0 aromatic rings. The number of nitrogens with one attached hydrogen (secondary N) is 1. The molecule has 0 aromatic carbocycles. The van der Waals surface area contributed by atoms with Crippen molar-refractivity contribution in [2.24, 2.45) is 0 Å². The van der Waals surface area contributed by atoms with Gasteiger partial charge in [-0.2, -0.15) is 0 Å². The molecule has 0 amide bonds. The Balaban J connectivity index is -0.0000000177. The van der Waals surface area contributed by atoms with E-state index in [1.165, 1.54) is 0 Å². The first-order valence-corrected chi connectivity index (χ1v) is 3.11. The molecule has 0 aliphatic rings. The third kappa shape index (κ3) is 1420. The zero-order valence-electron chi connectivity index (χ0n) is 7.95. The van der Waals surface area contributed by atoms with Crippen LogP contribution in [0.5, 0.6) is 0 Å². The molecule has 80 valence electrons. The van der Waals surface area contributed by atoms with Crippen LogP contribution in [-0.2, 0) is 39.1 Å². The Hall–Kier alpha value is -0.938. The van der Waals surface area contributed by atoms with Gasteiger partial charge in [-0.3, -0.25) is 0 Å². The van der Waals surface area contributed by atoms with E-state index in [9.17, 15) is 0 Å². The minimum atomic E-state index is 1.13. The van der Waals surface area contributed by atoms with Gasteiger partial charge in [-0.25, -0.2) is 0 Å². The van der Waals surface area contributed by atoms with Gasteiger partial charge in [0.1, 0.15) is 0 Å². The van der Waals surface area contributed by atoms with Crippen molar-refractivity contribution in [3.63, 3.8) is 0 Å². The van der Waals surface area contributed by atoms with Crippen molar-refractivity contribution in [3.8, 4) is 0 Å². The molecule has 6 nitrogen and oxygen atoms in total. The molecule has 0 atom stereocenters. The van der Waals surface area contributed by atoms with Gasteiger partial charge in [0.2, 0.25) is 0 Å². The van der Waals surface area contributed by atoms with Crippen molar-refractivity contribution in [1.82, 2.24) is 5.32 Å². The van der Waals surface area contributed by atoms with Gasteiger partial charge >= 0.3 is 96.2 Å². The summed E-state index contributed by atoms with van der Waals surface area (Å²) in [4.78, 5) is 0. The van der Waals surface area contributed by atoms with Crippen LogP contribution in [0, 0.1) is 33.3 Å². The Morgan fingerprint density at radius 2 is 0.867 bits per heavy atom.